The van der Waals surface area contributed by atoms with Gasteiger partial charge in [0.15, 0.2) is 15.9 Å². The second kappa shape index (κ2) is 7.75. The smallest absolute Gasteiger partial charge is 0.343 e. The van der Waals surface area contributed by atoms with Gasteiger partial charge in [-0.25, -0.2) is 13.2 Å². The summed E-state index contributed by atoms with van der Waals surface area (Å²) >= 11 is 0. The van der Waals surface area contributed by atoms with E-state index in [9.17, 15) is 23.3 Å². The van der Waals surface area contributed by atoms with Crippen LogP contribution in [0.1, 0.15) is 35.0 Å². The van der Waals surface area contributed by atoms with Crippen molar-refractivity contribution in [2.45, 2.75) is 32.4 Å². The fourth-order valence-corrected chi connectivity index (χ4v) is 5.12. The number of ether oxygens (including phenoxy) is 1. The summed E-state index contributed by atoms with van der Waals surface area (Å²) < 4.78 is 35.7. The number of nitriles is 1. The number of furan rings is 1. The summed E-state index contributed by atoms with van der Waals surface area (Å²) in [6.45, 7) is 2.95. The molecule has 0 spiro atoms. The second-order valence-electron chi connectivity index (χ2n) is 6.97. The zero-order valence-corrected chi connectivity index (χ0v) is 17.1. The fraction of sp³-hybridized carbons (Fsp3) is 0.421. The predicted molar refractivity (Wildman–Crippen MR) is 102 cm³/mol. The van der Waals surface area contributed by atoms with Crippen LogP contribution in [-0.2, 0) is 19.4 Å². The van der Waals surface area contributed by atoms with E-state index in [1.807, 2.05) is 6.07 Å². The van der Waals surface area contributed by atoms with Gasteiger partial charge in [-0.05, 0) is 32.4 Å². The molecule has 1 saturated heterocycles. The Bertz CT molecular complexity index is 1080. The zero-order chi connectivity index (χ0) is 21.3. The lowest BCUT2D eigenvalue weighted by Gasteiger charge is -2.26. The minimum absolute atomic E-state index is 0.0126. The highest BCUT2D eigenvalue weighted by Crippen LogP contribution is 2.26. The van der Waals surface area contributed by atoms with E-state index in [4.69, 9.17) is 9.15 Å². The number of likely N-dealkylation sites (N-methyl/N-ethyl adjacent to an activating group) is 1. The molecule has 2 aromatic rings. The molecule has 2 atom stereocenters. The molecule has 0 radical (unpaired) electrons. The summed E-state index contributed by atoms with van der Waals surface area (Å²) in [7, 11) is -1.66. The lowest BCUT2D eigenvalue weighted by Crippen LogP contribution is -2.44. The quantitative estimate of drug-likeness (QED) is 0.672. The van der Waals surface area contributed by atoms with Gasteiger partial charge in [0.1, 0.15) is 23.0 Å². The molecule has 10 heteroatoms. The van der Waals surface area contributed by atoms with Crippen LogP contribution >= 0.6 is 0 Å². The number of hydrogen-bond donors (Lipinski definition) is 0. The SMILES string of the molecule is Cc1oc(-n2cccc2)c(C#N)c1C(=O)O[C@H](C)C(=O)N(C)[C@H]1CCS(=O)(=O)C1. The topological polar surface area (TPSA) is 123 Å². The molecule has 2 aromatic heterocycles. The zero-order valence-electron chi connectivity index (χ0n) is 16.3. The van der Waals surface area contributed by atoms with Crippen molar-refractivity contribution in [3.63, 3.8) is 0 Å². The molecule has 1 aliphatic rings. The summed E-state index contributed by atoms with van der Waals surface area (Å²) in [6, 6.07) is 5.00. The number of aromatic nitrogens is 1. The van der Waals surface area contributed by atoms with Crippen molar-refractivity contribution in [3.05, 3.63) is 41.4 Å². The Hall–Kier alpha value is -3.06. The Morgan fingerprint density at radius 2 is 2.03 bits per heavy atom. The Morgan fingerprint density at radius 3 is 2.59 bits per heavy atom. The fourth-order valence-electron chi connectivity index (χ4n) is 3.35. The van der Waals surface area contributed by atoms with E-state index in [0.29, 0.717) is 6.42 Å². The molecule has 9 nitrogen and oxygen atoms in total. The lowest BCUT2D eigenvalue weighted by molar-refractivity contribution is -0.140. The maximum absolute atomic E-state index is 12.7. The predicted octanol–water partition coefficient (Wildman–Crippen LogP) is 1.44. The van der Waals surface area contributed by atoms with Crippen LogP contribution in [0, 0.1) is 18.3 Å². The van der Waals surface area contributed by atoms with Crippen LogP contribution < -0.4 is 0 Å². The number of sulfone groups is 1. The minimum atomic E-state index is -3.15. The van der Waals surface area contributed by atoms with Crippen LogP contribution in [0.2, 0.25) is 0 Å². The molecular weight excluding hydrogens is 398 g/mol. The van der Waals surface area contributed by atoms with Crippen LogP contribution in [0.15, 0.2) is 28.9 Å². The summed E-state index contributed by atoms with van der Waals surface area (Å²) in [5.74, 6) is -1.04. The first-order valence-electron chi connectivity index (χ1n) is 8.99. The van der Waals surface area contributed by atoms with Gasteiger partial charge in [-0.2, -0.15) is 5.26 Å². The lowest BCUT2D eigenvalue weighted by atomic mass is 10.1. The van der Waals surface area contributed by atoms with Gasteiger partial charge < -0.3 is 14.1 Å². The molecule has 154 valence electrons. The van der Waals surface area contributed by atoms with Crippen molar-refractivity contribution >= 4 is 21.7 Å². The largest absolute Gasteiger partial charge is 0.449 e. The van der Waals surface area contributed by atoms with E-state index in [0.717, 1.165) is 0 Å². The molecule has 1 fully saturated rings. The Morgan fingerprint density at radius 1 is 1.38 bits per heavy atom. The van der Waals surface area contributed by atoms with Crippen molar-refractivity contribution < 1.29 is 27.2 Å². The van der Waals surface area contributed by atoms with Crippen LogP contribution in [0.5, 0.6) is 0 Å². The average Bonchev–Trinajstić information content (AvgIpc) is 3.38. The van der Waals surface area contributed by atoms with Crippen LogP contribution in [0.3, 0.4) is 0 Å². The molecule has 0 bridgehead atoms. The molecule has 3 rings (SSSR count). The highest BCUT2D eigenvalue weighted by atomic mass is 32.2. The van der Waals surface area contributed by atoms with E-state index in [-0.39, 0.29) is 34.3 Å². The van der Waals surface area contributed by atoms with Gasteiger partial charge in [0.05, 0.1) is 11.5 Å². The van der Waals surface area contributed by atoms with E-state index in [1.54, 1.807) is 29.1 Å². The molecule has 3 heterocycles. The van der Waals surface area contributed by atoms with Crippen molar-refractivity contribution in [1.29, 1.82) is 5.26 Å². The monoisotopic (exact) mass is 419 g/mol. The molecule has 1 amide bonds. The summed E-state index contributed by atoms with van der Waals surface area (Å²) in [5, 5.41) is 9.52. The van der Waals surface area contributed by atoms with Gasteiger partial charge in [-0.1, -0.05) is 0 Å². The Kier molecular flexibility index (Phi) is 5.53. The summed E-state index contributed by atoms with van der Waals surface area (Å²) in [6.07, 6.45) is 2.55. The maximum atomic E-state index is 12.7. The third-order valence-electron chi connectivity index (χ3n) is 4.96. The number of carbonyl (C=O) groups excluding carboxylic acids is 2. The number of rotatable bonds is 5. The molecule has 0 unspecified atom stereocenters. The van der Waals surface area contributed by atoms with Crippen LogP contribution in [0.4, 0.5) is 0 Å². The summed E-state index contributed by atoms with van der Waals surface area (Å²) in [4.78, 5) is 26.6. The van der Waals surface area contributed by atoms with Gasteiger partial charge in [0, 0.05) is 25.5 Å². The highest BCUT2D eigenvalue weighted by Gasteiger charge is 2.36. The number of aryl methyl sites for hydroxylation is 1. The second-order valence-corrected chi connectivity index (χ2v) is 9.20. The highest BCUT2D eigenvalue weighted by molar-refractivity contribution is 7.91. The average molecular weight is 419 g/mol. The van der Waals surface area contributed by atoms with Gasteiger partial charge in [-0.15, -0.1) is 0 Å². The van der Waals surface area contributed by atoms with Gasteiger partial charge in [0.2, 0.25) is 5.88 Å². The minimum Gasteiger partial charge on any atom is -0.449 e. The first-order valence-corrected chi connectivity index (χ1v) is 10.8. The van der Waals surface area contributed by atoms with Gasteiger partial charge >= 0.3 is 5.97 Å². The van der Waals surface area contributed by atoms with Gasteiger partial charge in [-0.3, -0.25) is 9.36 Å². The molecule has 0 aliphatic carbocycles. The van der Waals surface area contributed by atoms with E-state index >= 15 is 0 Å². The number of hydrogen-bond acceptors (Lipinski definition) is 7. The van der Waals surface area contributed by atoms with Crippen molar-refractivity contribution in [2.75, 3.05) is 18.6 Å². The van der Waals surface area contributed by atoms with Crippen LogP contribution in [0.25, 0.3) is 5.88 Å². The van der Waals surface area contributed by atoms with Gasteiger partial charge in [0.25, 0.3) is 5.91 Å². The van der Waals surface area contributed by atoms with E-state index in [2.05, 4.69) is 0 Å². The molecule has 1 aliphatic heterocycles. The normalized spacial score (nSPS) is 18.8. The van der Waals surface area contributed by atoms with Crippen molar-refractivity contribution in [3.8, 4) is 12.0 Å². The third kappa shape index (κ3) is 4.05. The summed E-state index contributed by atoms with van der Waals surface area (Å²) in [5.41, 5.74) is -0.0273. The molecular formula is C19H21N3O6S. The van der Waals surface area contributed by atoms with E-state index in [1.165, 1.54) is 25.8 Å². The Balaban J connectivity index is 1.76. The molecule has 0 aromatic carbocycles. The number of carbonyl (C=O) groups is 2. The standard InChI is InChI=1S/C19H21N3O6S/c1-12-16(15(10-20)18(27-12)22-7-4-5-8-22)19(24)28-13(2)17(23)21(3)14-6-9-29(25,26)11-14/h4-5,7-8,13-14H,6,9,11H2,1-3H3/t13-,14+/m1/s1. The molecule has 29 heavy (non-hydrogen) atoms. The van der Waals surface area contributed by atoms with E-state index < -0.39 is 33.9 Å². The van der Waals surface area contributed by atoms with Crippen molar-refractivity contribution in [1.82, 2.24) is 9.47 Å². The molecule has 0 N–H and O–H groups in total. The Labute approximate surface area is 168 Å². The first-order chi connectivity index (χ1) is 13.6. The maximum Gasteiger partial charge on any atom is 0.343 e. The number of esters is 1. The molecule has 0 saturated carbocycles. The first kappa shape index (κ1) is 20.7. The number of amides is 1. The van der Waals surface area contributed by atoms with Crippen molar-refractivity contribution in [2.24, 2.45) is 0 Å². The third-order valence-corrected chi connectivity index (χ3v) is 6.71. The van der Waals surface area contributed by atoms with Crippen LogP contribution in [-0.4, -0.2) is 60.5 Å². The number of nitrogens with zero attached hydrogens (tertiary/aromatic N) is 3.